The van der Waals surface area contributed by atoms with Gasteiger partial charge in [0.15, 0.2) is 0 Å². The summed E-state index contributed by atoms with van der Waals surface area (Å²) in [5.74, 6) is 0.983. The standard InChI is InChI=1S/C15H23NO/c1-11-5-6-13(17-4)12(7-11)15(10-16)8-14(2,3)9-15/h5-7H,8-10,16H2,1-4H3. The molecule has 2 rings (SSSR count). The molecule has 17 heavy (non-hydrogen) atoms. The molecule has 0 spiro atoms. The van der Waals surface area contributed by atoms with Crippen LogP contribution in [-0.2, 0) is 5.41 Å². The van der Waals surface area contributed by atoms with Crippen molar-refractivity contribution in [2.75, 3.05) is 13.7 Å². The van der Waals surface area contributed by atoms with E-state index in [-0.39, 0.29) is 5.41 Å². The van der Waals surface area contributed by atoms with Gasteiger partial charge in [-0.3, -0.25) is 0 Å². The maximum atomic E-state index is 6.04. The van der Waals surface area contributed by atoms with E-state index in [1.54, 1.807) is 7.11 Å². The predicted octanol–water partition coefficient (Wildman–Crippen LogP) is 3.02. The van der Waals surface area contributed by atoms with Crippen LogP contribution in [0.5, 0.6) is 5.75 Å². The third-order valence-corrected chi connectivity index (χ3v) is 3.95. The number of aryl methyl sites for hydroxylation is 1. The van der Waals surface area contributed by atoms with E-state index in [0.29, 0.717) is 12.0 Å². The average molecular weight is 233 g/mol. The van der Waals surface area contributed by atoms with Gasteiger partial charge in [0.1, 0.15) is 5.75 Å². The monoisotopic (exact) mass is 233 g/mol. The Morgan fingerprint density at radius 1 is 1.29 bits per heavy atom. The molecule has 0 unspecified atom stereocenters. The van der Waals surface area contributed by atoms with Gasteiger partial charge < -0.3 is 10.5 Å². The van der Waals surface area contributed by atoms with E-state index in [1.165, 1.54) is 11.1 Å². The maximum Gasteiger partial charge on any atom is 0.122 e. The minimum absolute atomic E-state index is 0.126. The van der Waals surface area contributed by atoms with Gasteiger partial charge in [-0.05, 0) is 31.2 Å². The van der Waals surface area contributed by atoms with Crippen molar-refractivity contribution in [1.29, 1.82) is 0 Å². The Labute approximate surface area is 104 Å². The third kappa shape index (κ3) is 2.06. The lowest BCUT2D eigenvalue weighted by molar-refractivity contribution is 0.0614. The van der Waals surface area contributed by atoms with Crippen LogP contribution in [0.15, 0.2) is 18.2 Å². The van der Waals surface area contributed by atoms with Crippen LogP contribution >= 0.6 is 0 Å². The topological polar surface area (TPSA) is 35.2 Å². The zero-order chi connectivity index (χ0) is 12.7. The molecule has 1 saturated carbocycles. The normalized spacial score (nSPS) is 20.8. The summed E-state index contributed by atoms with van der Waals surface area (Å²) in [6, 6.07) is 6.39. The molecule has 1 aliphatic rings. The third-order valence-electron chi connectivity index (χ3n) is 3.95. The molecule has 0 saturated heterocycles. The molecule has 1 aliphatic carbocycles. The molecular weight excluding hydrogens is 210 g/mol. The Balaban J connectivity index is 2.41. The zero-order valence-electron chi connectivity index (χ0n) is 11.3. The molecule has 94 valence electrons. The quantitative estimate of drug-likeness (QED) is 0.871. The van der Waals surface area contributed by atoms with Crippen LogP contribution < -0.4 is 10.5 Å². The van der Waals surface area contributed by atoms with Crippen molar-refractivity contribution in [3.05, 3.63) is 29.3 Å². The summed E-state index contributed by atoms with van der Waals surface area (Å²) in [6.07, 6.45) is 2.30. The van der Waals surface area contributed by atoms with Crippen molar-refractivity contribution in [2.24, 2.45) is 11.1 Å². The molecule has 0 bridgehead atoms. The smallest absolute Gasteiger partial charge is 0.122 e. The Morgan fingerprint density at radius 2 is 1.94 bits per heavy atom. The van der Waals surface area contributed by atoms with Gasteiger partial charge in [-0.2, -0.15) is 0 Å². The number of benzene rings is 1. The fourth-order valence-corrected chi connectivity index (χ4v) is 3.46. The molecule has 1 aromatic rings. The number of hydrogen-bond acceptors (Lipinski definition) is 2. The second kappa shape index (κ2) is 4.02. The Hall–Kier alpha value is -1.02. The van der Waals surface area contributed by atoms with Crippen LogP contribution in [0.2, 0.25) is 0 Å². The Kier molecular flexibility index (Phi) is 2.94. The van der Waals surface area contributed by atoms with Crippen molar-refractivity contribution in [1.82, 2.24) is 0 Å². The van der Waals surface area contributed by atoms with Crippen molar-refractivity contribution < 1.29 is 4.74 Å². The van der Waals surface area contributed by atoms with Crippen LogP contribution in [0.1, 0.15) is 37.8 Å². The minimum atomic E-state index is 0.126. The zero-order valence-corrected chi connectivity index (χ0v) is 11.3. The number of methoxy groups -OCH3 is 1. The van der Waals surface area contributed by atoms with E-state index >= 15 is 0 Å². The summed E-state index contributed by atoms with van der Waals surface area (Å²) < 4.78 is 5.50. The molecule has 0 amide bonds. The van der Waals surface area contributed by atoms with Gasteiger partial charge in [0.2, 0.25) is 0 Å². The SMILES string of the molecule is COc1ccc(C)cc1C1(CN)CC(C)(C)C1. The fourth-order valence-electron chi connectivity index (χ4n) is 3.46. The average Bonchev–Trinajstić information content (AvgIpc) is 2.25. The van der Waals surface area contributed by atoms with Gasteiger partial charge in [-0.15, -0.1) is 0 Å². The van der Waals surface area contributed by atoms with Gasteiger partial charge in [-0.25, -0.2) is 0 Å². The van der Waals surface area contributed by atoms with Crippen molar-refractivity contribution in [2.45, 2.75) is 39.0 Å². The first-order valence-corrected chi connectivity index (χ1v) is 6.28. The molecule has 2 N–H and O–H groups in total. The van der Waals surface area contributed by atoms with E-state index < -0.39 is 0 Å². The maximum absolute atomic E-state index is 6.04. The van der Waals surface area contributed by atoms with Crippen LogP contribution in [0.25, 0.3) is 0 Å². The van der Waals surface area contributed by atoms with Crippen LogP contribution in [0.4, 0.5) is 0 Å². The van der Waals surface area contributed by atoms with Gasteiger partial charge in [0.25, 0.3) is 0 Å². The molecule has 2 nitrogen and oxygen atoms in total. The largest absolute Gasteiger partial charge is 0.496 e. The highest BCUT2D eigenvalue weighted by Gasteiger charge is 2.50. The second-order valence-corrected chi connectivity index (χ2v) is 6.21. The lowest BCUT2D eigenvalue weighted by Gasteiger charge is -2.53. The first-order valence-electron chi connectivity index (χ1n) is 6.28. The Morgan fingerprint density at radius 3 is 2.41 bits per heavy atom. The number of rotatable bonds is 3. The lowest BCUT2D eigenvalue weighted by Crippen LogP contribution is -2.51. The van der Waals surface area contributed by atoms with Crippen molar-refractivity contribution in [3.63, 3.8) is 0 Å². The summed E-state index contributed by atoms with van der Waals surface area (Å²) in [5.41, 5.74) is 9.15. The first kappa shape index (κ1) is 12.4. The predicted molar refractivity (Wildman–Crippen MR) is 71.5 cm³/mol. The number of nitrogens with two attached hydrogens (primary N) is 1. The molecule has 1 fully saturated rings. The van der Waals surface area contributed by atoms with E-state index in [0.717, 1.165) is 18.6 Å². The van der Waals surface area contributed by atoms with Crippen LogP contribution in [0.3, 0.4) is 0 Å². The van der Waals surface area contributed by atoms with Gasteiger partial charge in [0, 0.05) is 17.5 Å². The van der Waals surface area contributed by atoms with Crippen LogP contribution in [0, 0.1) is 12.3 Å². The van der Waals surface area contributed by atoms with E-state index in [9.17, 15) is 0 Å². The number of ether oxygens (including phenoxy) is 1. The summed E-state index contributed by atoms with van der Waals surface area (Å²) in [6.45, 7) is 7.44. The molecule has 2 heteroatoms. The molecule has 0 heterocycles. The second-order valence-electron chi connectivity index (χ2n) is 6.21. The molecule has 0 aliphatic heterocycles. The minimum Gasteiger partial charge on any atom is -0.496 e. The van der Waals surface area contributed by atoms with Gasteiger partial charge in [-0.1, -0.05) is 31.5 Å². The lowest BCUT2D eigenvalue weighted by atomic mass is 9.51. The summed E-state index contributed by atoms with van der Waals surface area (Å²) >= 11 is 0. The molecule has 0 aromatic heterocycles. The van der Waals surface area contributed by atoms with E-state index in [2.05, 4.69) is 39.0 Å². The highest BCUT2D eigenvalue weighted by atomic mass is 16.5. The molecule has 0 atom stereocenters. The van der Waals surface area contributed by atoms with Gasteiger partial charge in [0.05, 0.1) is 7.11 Å². The highest BCUT2D eigenvalue weighted by molar-refractivity contribution is 5.45. The number of hydrogen-bond donors (Lipinski definition) is 1. The summed E-state index contributed by atoms with van der Waals surface area (Å²) in [4.78, 5) is 0. The van der Waals surface area contributed by atoms with Crippen LogP contribution in [-0.4, -0.2) is 13.7 Å². The van der Waals surface area contributed by atoms with E-state index in [1.807, 2.05) is 0 Å². The van der Waals surface area contributed by atoms with Crippen molar-refractivity contribution in [3.8, 4) is 5.75 Å². The summed E-state index contributed by atoms with van der Waals surface area (Å²) in [7, 11) is 1.74. The first-order chi connectivity index (χ1) is 7.92. The highest BCUT2D eigenvalue weighted by Crippen LogP contribution is 2.56. The fraction of sp³-hybridized carbons (Fsp3) is 0.600. The van der Waals surface area contributed by atoms with Crippen molar-refractivity contribution >= 4 is 0 Å². The molecular formula is C15H23NO. The van der Waals surface area contributed by atoms with Gasteiger partial charge >= 0.3 is 0 Å². The Bertz CT molecular complexity index is 415. The summed E-state index contributed by atoms with van der Waals surface area (Å²) in [5, 5.41) is 0. The molecule has 0 radical (unpaired) electrons. The van der Waals surface area contributed by atoms with E-state index in [4.69, 9.17) is 10.5 Å². The molecule has 1 aromatic carbocycles.